The summed E-state index contributed by atoms with van der Waals surface area (Å²) >= 11 is 0. The first-order valence-electron chi connectivity index (χ1n) is 5.93. The minimum atomic E-state index is -0.741. The fourth-order valence-corrected chi connectivity index (χ4v) is 1.61. The molecule has 0 amide bonds. The largest absolute Gasteiger partial charge is 0.397 e. The molecule has 0 radical (unpaired) electrons. The number of aliphatic hydroxyl groups is 1. The lowest BCUT2D eigenvalue weighted by molar-refractivity contribution is 0.0457. The van der Waals surface area contributed by atoms with E-state index in [0.717, 1.165) is 0 Å². The van der Waals surface area contributed by atoms with Crippen molar-refractivity contribution >= 4 is 11.4 Å². The van der Waals surface area contributed by atoms with E-state index in [-0.39, 0.29) is 5.82 Å². The van der Waals surface area contributed by atoms with Crippen molar-refractivity contribution in [3.8, 4) is 0 Å². The molecule has 0 aliphatic heterocycles. The Morgan fingerprint density at radius 2 is 1.94 bits per heavy atom. The Labute approximate surface area is 102 Å². The SMILES string of the molecule is CCC(O)(CC)CNc1cc(C)c(F)cc1N. The van der Waals surface area contributed by atoms with Crippen LogP contribution < -0.4 is 11.1 Å². The fourth-order valence-electron chi connectivity index (χ4n) is 1.61. The monoisotopic (exact) mass is 240 g/mol. The summed E-state index contributed by atoms with van der Waals surface area (Å²) in [5.74, 6) is -0.311. The van der Waals surface area contributed by atoms with E-state index in [4.69, 9.17) is 5.73 Å². The van der Waals surface area contributed by atoms with Gasteiger partial charge in [0, 0.05) is 6.54 Å². The molecule has 1 aromatic carbocycles. The van der Waals surface area contributed by atoms with Gasteiger partial charge < -0.3 is 16.2 Å². The van der Waals surface area contributed by atoms with Crippen LogP contribution in [0.5, 0.6) is 0 Å². The van der Waals surface area contributed by atoms with Crippen LogP contribution in [0.2, 0.25) is 0 Å². The zero-order chi connectivity index (χ0) is 13.1. The van der Waals surface area contributed by atoms with Gasteiger partial charge >= 0.3 is 0 Å². The maximum absolute atomic E-state index is 13.2. The minimum absolute atomic E-state index is 0.311. The molecule has 0 unspecified atom stereocenters. The van der Waals surface area contributed by atoms with Gasteiger partial charge in [0.1, 0.15) is 5.82 Å². The summed E-state index contributed by atoms with van der Waals surface area (Å²) < 4.78 is 13.2. The van der Waals surface area contributed by atoms with Crippen LogP contribution in [-0.4, -0.2) is 17.3 Å². The first kappa shape index (κ1) is 13.8. The van der Waals surface area contributed by atoms with Crippen molar-refractivity contribution in [3.05, 3.63) is 23.5 Å². The maximum Gasteiger partial charge on any atom is 0.128 e. The third kappa shape index (κ3) is 3.33. The van der Waals surface area contributed by atoms with Crippen molar-refractivity contribution < 1.29 is 9.50 Å². The number of rotatable bonds is 5. The van der Waals surface area contributed by atoms with Crippen LogP contribution in [0, 0.1) is 12.7 Å². The van der Waals surface area contributed by atoms with Crippen molar-refractivity contribution in [2.24, 2.45) is 0 Å². The molecule has 4 heteroatoms. The van der Waals surface area contributed by atoms with E-state index in [0.29, 0.717) is 36.3 Å². The van der Waals surface area contributed by atoms with E-state index < -0.39 is 5.60 Å². The second-order valence-electron chi connectivity index (χ2n) is 4.47. The molecule has 3 nitrogen and oxygen atoms in total. The Hall–Kier alpha value is -1.29. The third-order valence-electron chi connectivity index (χ3n) is 3.25. The summed E-state index contributed by atoms with van der Waals surface area (Å²) in [6.07, 6.45) is 1.33. The van der Waals surface area contributed by atoms with Crippen LogP contribution in [-0.2, 0) is 0 Å². The Morgan fingerprint density at radius 1 is 1.35 bits per heavy atom. The minimum Gasteiger partial charge on any atom is -0.397 e. The average molecular weight is 240 g/mol. The highest BCUT2D eigenvalue weighted by atomic mass is 19.1. The number of hydrogen-bond acceptors (Lipinski definition) is 3. The van der Waals surface area contributed by atoms with Gasteiger partial charge in [-0.3, -0.25) is 0 Å². The number of halogens is 1. The predicted molar refractivity (Wildman–Crippen MR) is 69.6 cm³/mol. The molecule has 0 atom stereocenters. The van der Waals surface area contributed by atoms with Gasteiger partial charge in [0.25, 0.3) is 0 Å². The number of nitrogens with two attached hydrogens (primary N) is 1. The molecule has 1 rings (SSSR count). The number of nitrogens with one attached hydrogen (secondary N) is 1. The highest BCUT2D eigenvalue weighted by Crippen LogP contribution is 2.24. The lowest BCUT2D eigenvalue weighted by Crippen LogP contribution is -2.35. The van der Waals surface area contributed by atoms with E-state index in [1.54, 1.807) is 13.0 Å². The van der Waals surface area contributed by atoms with Gasteiger partial charge in [0.15, 0.2) is 0 Å². The molecule has 0 saturated carbocycles. The Morgan fingerprint density at radius 3 is 2.47 bits per heavy atom. The molecule has 1 aromatic rings. The molecule has 17 heavy (non-hydrogen) atoms. The van der Waals surface area contributed by atoms with Gasteiger partial charge in [-0.05, 0) is 37.5 Å². The Kier molecular flexibility index (Phi) is 4.34. The molecule has 0 aromatic heterocycles. The highest BCUT2D eigenvalue weighted by molar-refractivity contribution is 5.67. The molecular weight excluding hydrogens is 219 g/mol. The molecule has 0 fully saturated rings. The van der Waals surface area contributed by atoms with E-state index in [2.05, 4.69) is 5.32 Å². The average Bonchev–Trinajstić information content (AvgIpc) is 2.32. The van der Waals surface area contributed by atoms with E-state index in [1.165, 1.54) is 6.07 Å². The van der Waals surface area contributed by atoms with Crippen LogP contribution >= 0.6 is 0 Å². The van der Waals surface area contributed by atoms with E-state index in [9.17, 15) is 9.50 Å². The lowest BCUT2D eigenvalue weighted by atomic mass is 9.97. The zero-order valence-corrected chi connectivity index (χ0v) is 10.7. The Bertz CT molecular complexity index is 389. The molecule has 0 saturated heterocycles. The first-order chi connectivity index (χ1) is 7.91. The normalized spacial score (nSPS) is 11.6. The van der Waals surface area contributed by atoms with Gasteiger partial charge in [-0.2, -0.15) is 0 Å². The van der Waals surface area contributed by atoms with Crippen LogP contribution in [0.4, 0.5) is 15.8 Å². The van der Waals surface area contributed by atoms with Gasteiger partial charge in [0.2, 0.25) is 0 Å². The third-order valence-corrected chi connectivity index (χ3v) is 3.25. The predicted octanol–water partition coefficient (Wildman–Crippen LogP) is 2.68. The van der Waals surface area contributed by atoms with Crippen molar-refractivity contribution in [2.45, 2.75) is 39.2 Å². The van der Waals surface area contributed by atoms with Crippen LogP contribution in [0.3, 0.4) is 0 Å². The van der Waals surface area contributed by atoms with Gasteiger partial charge in [-0.15, -0.1) is 0 Å². The van der Waals surface area contributed by atoms with Crippen LogP contribution in [0.15, 0.2) is 12.1 Å². The number of nitrogen functional groups attached to an aromatic ring is 1. The lowest BCUT2D eigenvalue weighted by Gasteiger charge is -2.26. The van der Waals surface area contributed by atoms with Crippen LogP contribution in [0.1, 0.15) is 32.3 Å². The van der Waals surface area contributed by atoms with Crippen LogP contribution in [0.25, 0.3) is 0 Å². The summed E-state index contributed by atoms with van der Waals surface area (Å²) in [7, 11) is 0. The van der Waals surface area contributed by atoms with E-state index in [1.807, 2.05) is 13.8 Å². The number of anilines is 2. The van der Waals surface area contributed by atoms with Crippen molar-refractivity contribution in [2.75, 3.05) is 17.6 Å². The molecule has 0 aliphatic rings. The van der Waals surface area contributed by atoms with Crippen molar-refractivity contribution in [3.63, 3.8) is 0 Å². The maximum atomic E-state index is 13.2. The molecule has 4 N–H and O–H groups in total. The first-order valence-corrected chi connectivity index (χ1v) is 5.93. The summed E-state index contributed by atoms with van der Waals surface area (Å²) in [5, 5.41) is 13.2. The molecule has 0 heterocycles. The summed E-state index contributed by atoms with van der Waals surface area (Å²) in [6, 6.07) is 2.96. The number of benzene rings is 1. The van der Waals surface area contributed by atoms with Crippen molar-refractivity contribution in [1.82, 2.24) is 0 Å². The zero-order valence-electron chi connectivity index (χ0n) is 10.7. The molecule has 0 spiro atoms. The standard InChI is InChI=1S/C13H21FN2O/c1-4-13(17,5-2)8-16-12-6-9(3)10(14)7-11(12)15/h6-7,16-17H,4-5,8,15H2,1-3H3. The van der Waals surface area contributed by atoms with Gasteiger partial charge in [0.05, 0.1) is 17.0 Å². The summed E-state index contributed by atoms with van der Waals surface area (Å²) in [5.41, 5.74) is 6.55. The molecular formula is C13H21FN2O. The van der Waals surface area contributed by atoms with Gasteiger partial charge in [-0.25, -0.2) is 4.39 Å². The number of aryl methyl sites for hydroxylation is 1. The fraction of sp³-hybridized carbons (Fsp3) is 0.538. The topological polar surface area (TPSA) is 58.3 Å². The molecule has 0 bridgehead atoms. The second-order valence-corrected chi connectivity index (χ2v) is 4.47. The summed E-state index contributed by atoms with van der Waals surface area (Å²) in [6.45, 7) is 5.97. The highest BCUT2D eigenvalue weighted by Gasteiger charge is 2.22. The quantitative estimate of drug-likeness (QED) is 0.693. The molecule has 96 valence electrons. The smallest absolute Gasteiger partial charge is 0.128 e. The summed E-state index contributed by atoms with van der Waals surface area (Å²) in [4.78, 5) is 0. The Balaban J connectivity index is 2.79. The van der Waals surface area contributed by atoms with Gasteiger partial charge in [-0.1, -0.05) is 13.8 Å². The van der Waals surface area contributed by atoms with E-state index >= 15 is 0 Å². The van der Waals surface area contributed by atoms with Crippen molar-refractivity contribution in [1.29, 1.82) is 0 Å². The molecule has 0 aliphatic carbocycles. The second kappa shape index (κ2) is 5.36. The number of hydrogen-bond donors (Lipinski definition) is 3.